The molecule has 0 bridgehead atoms. The average Bonchev–Trinajstić information content (AvgIpc) is 2.09. The van der Waals surface area contributed by atoms with Crippen molar-refractivity contribution in [2.24, 2.45) is 0 Å². The van der Waals surface area contributed by atoms with Crippen LogP contribution in [0.15, 0.2) is 12.7 Å². The zero-order valence-electron chi connectivity index (χ0n) is 10.2. The molecule has 0 saturated heterocycles. The molecule has 0 aliphatic heterocycles. The first-order valence-corrected chi connectivity index (χ1v) is 5.32. The maximum atomic E-state index is 11.5. The third-order valence-corrected chi connectivity index (χ3v) is 1.66. The molecule has 0 heterocycles. The second-order valence-electron chi connectivity index (χ2n) is 4.48. The van der Waals surface area contributed by atoms with Crippen molar-refractivity contribution in [3.63, 3.8) is 0 Å². The first-order valence-electron chi connectivity index (χ1n) is 5.32. The number of allylic oxidation sites excluding steroid dienone is 1. The highest BCUT2D eigenvalue weighted by atomic mass is 16.6. The maximum absolute atomic E-state index is 11.5. The van der Waals surface area contributed by atoms with Crippen molar-refractivity contribution in [3.05, 3.63) is 12.7 Å². The first-order chi connectivity index (χ1) is 6.87. The number of unbranched alkanes of at least 4 members (excludes halogenated alkanes) is 1. The third kappa shape index (κ3) is 8.18. The minimum Gasteiger partial charge on any atom is -0.458 e. The predicted octanol–water partition coefficient (Wildman–Crippen LogP) is 2.70. The summed E-state index contributed by atoms with van der Waals surface area (Å²) in [6.07, 6.45) is 3.13. The molecule has 0 spiro atoms. The van der Waals surface area contributed by atoms with Crippen LogP contribution in [0.5, 0.6) is 0 Å². The standard InChI is InChI=1S/C12H22O3/c1-6-7-8-9-14-10(2)11(13)15-12(3,4)5/h6,10H,1,7-9H2,2-5H3. The number of rotatable bonds is 6. The van der Waals surface area contributed by atoms with E-state index in [1.165, 1.54) is 0 Å². The molecule has 88 valence electrons. The van der Waals surface area contributed by atoms with Gasteiger partial charge in [0, 0.05) is 6.61 Å². The molecule has 1 atom stereocenters. The summed E-state index contributed by atoms with van der Waals surface area (Å²) in [6, 6.07) is 0. The van der Waals surface area contributed by atoms with Crippen LogP contribution in [0, 0.1) is 0 Å². The molecule has 0 radical (unpaired) electrons. The number of ether oxygens (including phenoxy) is 2. The van der Waals surface area contributed by atoms with Crippen LogP contribution < -0.4 is 0 Å². The van der Waals surface area contributed by atoms with Crippen LogP contribution in [-0.4, -0.2) is 24.3 Å². The first kappa shape index (κ1) is 14.2. The van der Waals surface area contributed by atoms with Crippen molar-refractivity contribution in [3.8, 4) is 0 Å². The van der Waals surface area contributed by atoms with Crippen molar-refractivity contribution in [2.75, 3.05) is 6.61 Å². The average molecular weight is 214 g/mol. The Balaban J connectivity index is 3.74. The van der Waals surface area contributed by atoms with Crippen LogP contribution in [0.1, 0.15) is 40.5 Å². The van der Waals surface area contributed by atoms with E-state index in [4.69, 9.17) is 9.47 Å². The molecule has 0 rings (SSSR count). The fourth-order valence-corrected chi connectivity index (χ4v) is 0.941. The number of carbonyl (C=O) groups excluding carboxylic acids is 1. The quantitative estimate of drug-likeness (QED) is 0.387. The molecule has 0 aromatic carbocycles. The van der Waals surface area contributed by atoms with Crippen LogP contribution in [-0.2, 0) is 14.3 Å². The van der Waals surface area contributed by atoms with Crippen molar-refractivity contribution < 1.29 is 14.3 Å². The van der Waals surface area contributed by atoms with Crippen molar-refractivity contribution in [1.29, 1.82) is 0 Å². The summed E-state index contributed by atoms with van der Waals surface area (Å²) in [4.78, 5) is 11.5. The van der Waals surface area contributed by atoms with E-state index in [9.17, 15) is 4.79 Å². The summed E-state index contributed by atoms with van der Waals surface area (Å²) in [5.41, 5.74) is -0.449. The molecular weight excluding hydrogens is 192 g/mol. The van der Waals surface area contributed by atoms with E-state index < -0.39 is 11.7 Å². The molecule has 0 fully saturated rings. The van der Waals surface area contributed by atoms with Gasteiger partial charge in [0.1, 0.15) is 5.60 Å². The molecule has 3 heteroatoms. The SMILES string of the molecule is C=CCCCOC(C)C(=O)OC(C)(C)C. The van der Waals surface area contributed by atoms with Gasteiger partial charge in [-0.25, -0.2) is 4.79 Å². The smallest absolute Gasteiger partial charge is 0.335 e. The Morgan fingerprint density at radius 2 is 2.07 bits per heavy atom. The molecule has 0 amide bonds. The third-order valence-electron chi connectivity index (χ3n) is 1.66. The lowest BCUT2D eigenvalue weighted by Gasteiger charge is -2.22. The van der Waals surface area contributed by atoms with E-state index in [0.717, 1.165) is 12.8 Å². The van der Waals surface area contributed by atoms with E-state index in [1.807, 2.05) is 26.8 Å². The maximum Gasteiger partial charge on any atom is 0.335 e. The molecule has 0 saturated carbocycles. The lowest BCUT2D eigenvalue weighted by molar-refractivity contribution is -0.167. The van der Waals surface area contributed by atoms with E-state index in [0.29, 0.717) is 6.61 Å². The van der Waals surface area contributed by atoms with Gasteiger partial charge in [-0.15, -0.1) is 6.58 Å². The predicted molar refractivity (Wildman–Crippen MR) is 60.7 cm³/mol. The fourth-order valence-electron chi connectivity index (χ4n) is 0.941. The minimum atomic E-state index is -0.492. The largest absolute Gasteiger partial charge is 0.458 e. The highest BCUT2D eigenvalue weighted by Gasteiger charge is 2.21. The van der Waals surface area contributed by atoms with Crippen molar-refractivity contribution in [1.82, 2.24) is 0 Å². The second kappa shape index (κ2) is 6.62. The Kier molecular flexibility index (Phi) is 6.25. The monoisotopic (exact) mass is 214 g/mol. The van der Waals surface area contributed by atoms with Gasteiger partial charge >= 0.3 is 5.97 Å². The Morgan fingerprint density at radius 1 is 1.47 bits per heavy atom. The highest BCUT2D eigenvalue weighted by Crippen LogP contribution is 2.09. The van der Waals surface area contributed by atoms with E-state index >= 15 is 0 Å². The lowest BCUT2D eigenvalue weighted by Crippen LogP contribution is -2.31. The zero-order chi connectivity index (χ0) is 11.9. The van der Waals surface area contributed by atoms with Crippen LogP contribution in [0.2, 0.25) is 0 Å². The Labute approximate surface area is 92.5 Å². The zero-order valence-corrected chi connectivity index (χ0v) is 10.2. The molecule has 0 aliphatic rings. The summed E-state index contributed by atoms with van der Waals surface area (Å²) in [7, 11) is 0. The summed E-state index contributed by atoms with van der Waals surface area (Å²) in [5.74, 6) is -0.305. The number of carbonyl (C=O) groups is 1. The van der Waals surface area contributed by atoms with E-state index in [2.05, 4.69) is 6.58 Å². The van der Waals surface area contributed by atoms with Crippen molar-refractivity contribution >= 4 is 5.97 Å². The summed E-state index contributed by atoms with van der Waals surface area (Å²) < 4.78 is 10.5. The normalized spacial score (nSPS) is 13.3. The second-order valence-corrected chi connectivity index (χ2v) is 4.48. The number of hydrogen-bond acceptors (Lipinski definition) is 3. The molecule has 0 aromatic heterocycles. The summed E-state index contributed by atoms with van der Waals surface area (Å²) in [5, 5.41) is 0. The van der Waals surface area contributed by atoms with Gasteiger partial charge in [-0.05, 0) is 40.5 Å². The molecule has 0 aromatic rings. The molecule has 3 nitrogen and oxygen atoms in total. The molecule has 0 aliphatic carbocycles. The van der Waals surface area contributed by atoms with Gasteiger partial charge in [-0.1, -0.05) is 6.08 Å². The molecule has 15 heavy (non-hydrogen) atoms. The lowest BCUT2D eigenvalue weighted by atomic mass is 10.2. The highest BCUT2D eigenvalue weighted by molar-refractivity contribution is 5.74. The topological polar surface area (TPSA) is 35.5 Å². The number of esters is 1. The molecule has 1 unspecified atom stereocenters. The Bertz CT molecular complexity index is 203. The van der Waals surface area contributed by atoms with Crippen molar-refractivity contribution in [2.45, 2.75) is 52.2 Å². The van der Waals surface area contributed by atoms with E-state index in [1.54, 1.807) is 6.92 Å². The summed E-state index contributed by atoms with van der Waals surface area (Å²) >= 11 is 0. The Hall–Kier alpha value is -0.830. The van der Waals surface area contributed by atoms with Gasteiger partial charge in [0.2, 0.25) is 0 Å². The van der Waals surface area contributed by atoms with Crippen LogP contribution >= 0.6 is 0 Å². The van der Waals surface area contributed by atoms with Gasteiger partial charge < -0.3 is 9.47 Å². The van der Waals surface area contributed by atoms with Gasteiger partial charge in [0.25, 0.3) is 0 Å². The van der Waals surface area contributed by atoms with Gasteiger partial charge in [-0.3, -0.25) is 0 Å². The molecular formula is C12H22O3. The fraction of sp³-hybridized carbons (Fsp3) is 0.750. The van der Waals surface area contributed by atoms with Gasteiger partial charge in [0.15, 0.2) is 6.10 Å². The van der Waals surface area contributed by atoms with Crippen LogP contribution in [0.25, 0.3) is 0 Å². The summed E-state index contributed by atoms with van der Waals surface area (Å²) in [6.45, 7) is 11.4. The van der Waals surface area contributed by atoms with Crippen LogP contribution in [0.3, 0.4) is 0 Å². The van der Waals surface area contributed by atoms with Crippen LogP contribution in [0.4, 0.5) is 0 Å². The number of hydrogen-bond donors (Lipinski definition) is 0. The van der Waals surface area contributed by atoms with Gasteiger partial charge in [-0.2, -0.15) is 0 Å². The minimum absolute atomic E-state index is 0.305. The Morgan fingerprint density at radius 3 is 2.53 bits per heavy atom. The molecule has 0 N–H and O–H groups in total. The van der Waals surface area contributed by atoms with Gasteiger partial charge in [0.05, 0.1) is 0 Å². The van der Waals surface area contributed by atoms with E-state index in [-0.39, 0.29) is 5.97 Å².